The monoisotopic (exact) mass is 511 g/mol. The van der Waals surface area contributed by atoms with E-state index in [1.807, 2.05) is 6.07 Å². The van der Waals surface area contributed by atoms with E-state index in [4.69, 9.17) is 11.6 Å². The molecule has 192 valence electrons. The lowest BCUT2D eigenvalue weighted by Gasteiger charge is -2.50. The van der Waals surface area contributed by atoms with Crippen molar-refractivity contribution in [1.82, 2.24) is 24.7 Å². The number of fused-ring (bicyclic) bond motifs is 1. The predicted octanol–water partition coefficient (Wildman–Crippen LogP) is 5.28. The number of pyridine rings is 1. The van der Waals surface area contributed by atoms with Gasteiger partial charge in [0, 0.05) is 62.1 Å². The van der Waals surface area contributed by atoms with Gasteiger partial charge in [-0.05, 0) is 51.0 Å². The molecule has 1 saturated carbocycles. The summed E-state index contributed by atoms with van der Waals surface area (Å²) in [5, 5.41) is 4.34. The topological polar surface area (TPSA) is 53.4 Å². The minimum absolute atomic E-state index is 0.0216. The molecule has 2 aromatic heterocycles. The molecule has 1 amide bonds. The van der Waals surface area contributed by atoms with Gasteiger partial charge in [0.1, 0.15) is 0 Å². The van der Waals surface area contributed by atoms with Gasteiger partial charge in [-0.25, -0.2) is 9.37 Å². The maximum atomic E-state index is 14.6. The Morgan fingerprint density at radius 2 is 1.86 bits per heavy atom. The summed E-state index contributed by atoms with van der Waals surface area (Å²) in [6.45, 7) is 9.28. The standard InChI is InChI=1S/C28H35ClFN5O/c1-20(2)33-14-16-34(17-15-33)28(11-4-3-5-12-28)19-32-27(36)21-18-35(26-23(30)9-7-13-31-26)24-10-6-8-22(29)25(21)24/h6-10,13,18,20H,3-5,11-12,14-17,19H2,1-2H3,(H,32,36). The lowest BCUT2D eigenvalue weighted by Crippen LogP contribution is -2.62. The molecule has 1 aliphatic carbocycles. The first-order valence-electron chi connectivity index (χ1n) is 13.1. The lowest BCUT2D eigenvalue weighted by molar-refractivity contribution is 0.000839. The molecule has 0 radical (unpaired) electrons. The van der Waals surface area contributed by atoms with Crippen LogP contribution in [0.3, 0.4) is 0 Å². The Kier molecular flexibility index (Phi) is 7.33. The van der Waals surface area contributed by atoms with E-state index in [0.29, 0.717) is 34.1 Å². The highest BCUT2D eigenvalue weighted by Gasteiger charge is 2.40. The van der Waals surface area contributed by atoms with Crippen LogP contribution in [0.4, 0.5) is 4.39 Å². The van der Waals surface area contributed by atoms with Gasteiger partial charge < -0.3 is 5.32 Å². The molecule has 0 atom stereocenters. The SMILES string of the molecule is CC(C)N1CCN(C2(CNC(=O)c3cn(-c4ncccc4F)c4cccc(Cl)c34)CCCCC2)CC1. The number of halogens is 2. The van der Waals surface area contributed by atoms with E-state index in [-0.39, 0.29) is 17.3 Å². The fourth-order valence-electron chi connectivity index (χ4n) is 6.01. The number of hydrogen-bond acceptors (Lipinski definition) is 4. The van der Waals surface area contributed by atoms with Gasteiger partial charge in [0.25, 0.3) is 5.91 Å². The molecule has 0 spiro atoms. The van der Waals surface area contributed by atoms with Crippen LogP contribution < -0.4 is 5.32 Å². The number of nitrogens with one attached hydrogen (secondary N) is 1. The van der Waals surface area contributed by atoms with E-state index in [2.05, 4.69) is 33.9 Å². The summed E-state index contributed by atoms with van der Waals surface area (Å²) in [5.74, 6) is -0.493. The zero-order chi connectivity index (χ0) is 25.3. The van der Waals surface area contributed by atoms with Gasteiger partial charge in [-0.1, -0.05) is 36.9 Å². The first kappa shape index (κ1) is 25.2. The van der Waals surface area contributed by atoms with E-state index in [9.17, 15) is 9.18 Å². The summed E-state index contributed by atoms with van der Waals surface area (Å²) in [6, 6.07) is 8.87. The van der Waals surface area contributed by atoms with Crippen molar-refractivity contribution in [2.45, 2.75) is 57.5 Å². The van der Waals surface area contributed by atoms with Crippen LogP contribution in [0.25, 0.3) is 16.7 Å². The second kappa shape index (κ2) is 10.5. The molecule has 2 fully saturated rings. The molecule has 8 heteroatoms. The number of hydrogen-bond donors (Lipinski definition) is 1. The molecule has 2 aliphatic rings. The van der Waals surface area contributed by atoms with E-state index < -0.39 is 5.82 Å². The largest absolute Gasteiger partial charge is 0.350 e. The van der Waals surface area contributed by atoms with Crippen LogP contribution in [0.2, 0.25) is 5.02 Å². The summed E-state index contributed by atoms with van der Waals surface area (Å²) >= 11 is 6.56. The van der Waals surface area contributed by atoms with E-state index in [0.717, 1.165) is 39.0 Å². The molecule has 36 heavy (non-hydrogen) atoms. The van der Waals surface area contributed by atoms with Crippen LogP contribution in [0.5, 0.6) is 0 Å². The molecule has 0 bridgehead atoms. The molecular formula is C28H35ClFN5O. The number of benzene rings is 1. The first-order valence-corrected chi connectivity index (χ1v) is 13.5. The Balaban J connectivity index is 1.41. The van der Waals surface area contributed by atoms with Gasteiger partial charge in [0.05, 0.1) is 16.1 Å². The van der Waals surface area contributed by atoms with Crippen LogP contribution in [0, 0.1) is 5.82 Å². The van der Waals surface area contributed by atoms with Gasteiger partial charge in [-0.15, -0.1) is 0 Å². The molecule has 1 aromatic carbocycles. The highest BCUT2D eigenvalue weighted by atomic mass is 35.5. The van der Waals surface area contributed by atoms with Crippen LogP contribution >= 0.6 is 11.6 Å². The number of carbonyl (C=O) groups excluding carboxylic acids is 1. The maximum absolute atomic E-state index is 14.6. The molecule has 5 rings (SSSR count). The summed E-state index contributed by atoms with van der Waals surface area (Å²) in [5.41, 5.74) is 1.07. The Morgan fingerprint density at radius 1 is 1.11 bits per heavy atom. The van der Waals surface area contributed by atoms with Gasteiger partial charge in [0.2, 0.25) is 0 Å². The normalized spacial score (nSPS) is 19.1. The highest BCUT2D eigenvalue weighted by Crippen LogP contribution is 2.35. The number of piperazine rings is 1. The minimum atomic E-state index is -0.456. The van der Waals surface area contributed by atoms with Crippen molar-refractivity contribution in [2.75, 3.05) is 32.7 Å². The second-order valence-corrected chi connectivity index (χ2v) is 10.8. The maximum Gasteiger partial charge on any atom is 0.253 e. The molecule has 1 aliphatic heterocycles. The zero-order valence-electron chi connectivity index (χ0n) is 21.1. The molecular weight excluding hydrogens is 477 g/mol. The van der Waals surface area contributed by atoms with Gasteiger partial charge >= 0.3 is 0 Å². The molecule has 1 N–H and O–H groups in total. The predicted molar refractivity (Wildman–Crippen MR) is 142 cm³/mol. The summed E-state index contributed by atoms with van der Waals surface area (Å²) < 4.78 is 16.2. The fourth-order valence-corrected chi connectivity index (χ4v) is 6.28. The fraction of sp³-hybridized carbons (Fsp3) is 0.500. The third-order valence-electron chi connectivity index (χ3n) is 8.07. The Morgan fingerprint density at radius 3 is 2.56 bits per heavy atom. The van der Waals surface area contributed by atoms with Crippen molar-refractivity contribution in [3.63, 3.8) is 0 Å². The van der Waals surface area contributed by atoms with Crippen molar-refractivity contribution < 1.29 is 9.18 Å². The summed E-state index contributed by atoms with van der Waals surface area (Å²) in [4.78, 5) is 23.0. The van der Waals surface area contributed by atoms with Crippen molar-refractivity contribution in [2.24, 2.45) is 0 Å². The summed E-state index contributed by atoms with van der Waals surface area (Å²) in [7, 11) is 0. The zero-order valence-corrected chi connectivity index (χ0v) is 21.9. The van der Waals surface area contributed by atoms with Gasteiger partial charge in [-0.2, -0.15) is 0 Å². The lowest BCUT2D eigenvalue weighted by atomic mass is 9.79. The van der Waals surface area contributed by atoms with E-state index in [1.165, 1.54) is 25.3 Å². The number of amides is 1. The first-order chi connectivity index (χ1) is 17.4. The average molecular weight is 512 g/mol. The van der Waals surface area contributed by atoms with Gasteiger partial charge in [0.15, 0.2) is 11.6 Å². The molecule has 1 saturated heterocycles. The van der Waals surface area contributed by atoms with Crippen LogP contribution in [0.1, 0.15) is 56.3 Å². The number of nitrogens with zero attached hydrogens (tertiary/aromatic N) is 4. The van der Waals surface area contributed by atoms with E-state index >= 15 is 0 Å². The number of aromatic nitrogens is 2. The molecule has 0 unspecified atom stereocenters. The number of carbonyl (C=O) groups is 1. The van der Waals surface area contributed by atoms with E-state index in [1.54, 1.807) is 35.2 Å². The minimum Gasteiger partial charge on any atom is -0.350 e. The van der Waals surface area contributed by atoms with Crippen molar-refractivity contribution >= 4 is 28.4 Å². The average Bonchev–Trinajstić information content (AvgIpc) is 3.29. The third-order valence-corrected chi connectivity index (χ3v) is 8.38. The number of rotatable bonds is 6. The Bertz CT molecular complexity index is 1230. The Labute approximate surface area is 217 Å². The van der Waals surface area contributed by atoms with Crippen LogP contribution in [-0.4, -0.2) is 69.6 Å². The third kappa shape index (κ3) is 4.76. The van der Waals surface area contributed by atoms with Crippen LogP contribution in [0.15, 0.2) is 42.7 Å². The van der Waals surface area contributed by atoms with Crippen molar-refractivity contribution in [3.05, 3.63) is 59.1 Å². The second-order valence-electron chi connectivity index (χ2n) is 10.4. The smallest absolute Gasteiger partial charge is 0.253 e. The molecule has 3 heterocycles. The highest BCUT2D eigenvalue weighted by molar-refractivity contribution is 6.37. The Hall–Kier alpha value is -2.48. The van der Waals surface area contributed by atoms with Crippen LogP contribution in [-0.2, 0) is 0 Å². The van der Waals surface area contributed by atoms with Crippen molar-refractivity contribution in [3.8, 4) is 5.82 Å². The van der Waals surface area contributed by atoms with Gasteiger partial charge in [-0.3, -0.25) is 19.2 Å². The quantitative estimate of drug-likeness (QED) is 0.489. The summed E-state index contributed by atoms with van der Waals surface area (Å²) in [6.07, 6.45) is 9.01. The molecule has 6 nitrogen and oxygen atoms in total. The molecule has 3 aromatic rings. The van der Waals surface area contributed by atoms with Crippen molar-refractivity contribution in [1.29, 1.82) is 0 Å².